The summed E-state index contributed by atoms with van der Waals surface area (Å²) in [5.41, 5.74) is 6.86. The van der Waals surface area contributed by atoms with E-state index >= 15 is 0 Å². The molecule has 1 aliphatic rings. The van der Waals surface area contributed by atoms with Crippen LogP contribution in [0.2, 0.25) is 0 Å². The molecule has 1 aromatic heterocycles. The molecule has 2 rings (SSSR count). The van der Waals surface area contributed by atoms with Gasteiger partial charge in [-0.1, -0.05) is 6.92 Å². The van der Waals surface area contributed by atoms with Gasteiger partial charge in [-0.05, 0) is 26.0 Å². The number of anilines is 2. The van der Waals surface area contributed by atoms with E-state index in [0.29, 0.717) is 18.2 Å². The number of hydrogen-bond acceptors (Lipinski definition) is 6. The van der Waals surface area contributed by atoms with E-state index in [0.717, 1.165) is 47.3 Å². The normalized spacial score (nSPS) is 16.4. The predicted molar refractivity (Wildman–Crippen MR) is 92.0 cm³/mol. The highest BCUT2D eigenvalue weighted by Gasteiger charge is 2.26. The minimum absolute atomic E-state index is 0.142. The maximum atomic E-state index is 12.0. The molecule has 0 amide bonds. The van der Waals surface area contributed by atoms with Gasteiger partial charge in [0.2, 0.25) is 0 Å². The van der Waals surface area contributed by atoms with Crippen LogP contribution in [0.1, 0.15) is 42.8 Å². The lowest BCUT2D eigenvalue weighted by molar-refractivity contribution is 0.0459. The molecule has 0 radical (unpaired) electrons. The van der Waals surface area contributed by atoms with Gasteiger partial charge in [0.05, 0.1) is 21.6 Å². The van der Waals surface area contributed by atoms with Crippen molar-refractivity contribution in [3.63, 3.8) is 0 Å². The number of carbonyl (C=O) groups excluding carboxylic acids is 1. The van der Waals surface area contributed by atoms with E-state index in [1.807, 2.05) is 20.1 Å². The molecule has 0 saturated carbocycles. The third-order valence-corrected chi connectivity index (χ3v) is 6.05. The van der Waals surface area contributed by atoms with E-state index in [2.05, 4.69) is 4.90 Å². The summed E-state index contributed by atoms with van der Waals surface area (Å²) in [6.45, 7) is 6.64. The summed E-state index contributed by atoms with van der Waals surface area (Å²) in [7, 11) is 0. The number of nitrogens with zero attached hydrogens (tertiary/aromatic N) is 1. The van der Waals surface area contributed by atoms with Crippen molar-refractivity contribution in [1.82, 2.24) is 0 Å². The zero-order chi connectivity index (χ0) is 15.4. The van der Waals surface area contributed by atoms with Crippen molar-refractivity contribution >= 4 is 39.6 Å². The van der Waals surface area contributed by atoms with Crippen molar-refractivity contribution in [3.05, 3.63) is 4.88 Å². The number of carbonyl (C=O) groups is 1. The lowest BCUT2D eigenvalue weighted by Crippen LogP contribution is -2.36. The van der Waals surface area contributed by atoms with Crippen LogP contribution < -0.4 is 10.6 Å². The van der Waals surface area contributed by atoms with Gasteiger partial charge in [0.25, 0.3) is 0 Å². The minimum atomic E-state index is 0.142. The van der Waals surface area contributed by atoms with Crippen LogP contribution in [0, 0.1) is 0 Å². The van der Waals surface area contributed by atoms with Crippen LogP contribution in [-0.2, 0) is 4.74 Å². The average Bonchev–Trinajstić information content (AvgIpc) is 2.84. The molecule has 6 heteroatoms. The first-order valence-electron chi connectivity index (χ1n) is 7.48. The Morgan fingerprint density at radius 1 is 1.43 bits per heavy atom. The number of piperidine rings is 1. The van der Waals surface area contributed by atoms with Crippen LogP contribution in [0.15, 0.2) is 4.90 Å². The van der Waals surface area contributed by atoms with Gasteiger partial charge in [0.1, 0.15) is 5.00 Å². The Bertz CT molecular complexity index is 494. The lowest BCUT2D eigenvalue weighted by atomic mass is 10.1. The number of nitrogen functional groups attached to an aromatic ring is 1. The molecule has 1 fully saturated rings. The third-order valence-electron chi connectivity index (χ3n) is 3.79. The molecule has 0 unspecified atom stereocenters. The van der Waals surface area contributed by atoms with Crippen LogP contribution in [0.4, 0.5) is 10.7 Å². The van der Waals surface area contributed by atoms with Gasteiger partial charge in [0, 0.05) is 26.1 Å². The van der Waals surface area contributed by atoms with Gasteiger partial charge < -0.3 is 15.4 Å². The molecular weight excluding hydrogens is 304 g/mol. The van der Waals surface area contributed by atoms with E-state index < -0.39 is 0 Å². The second-order valence-corrected chi connectivity index (χ2v) is 6.92. The molecule has 2 N–H and O–H groups in total. The van der Waals surface area contributed by atoms with Crippen LogP contribution in [0.25, 0.3) is 0 Å². The van der Waals surface area contributed by atoms with Crippen LogP contribution >= 0.6 is 23.1 Å². The van der Waals surface area contributed by atoms with Gasteiger partial charge in [0.15, 0.2) is 5.78 Å². The zero-order valence-corrected chi connectivity index (χ0v) is 14.6. The molecule has 1 aromatic rings. The largest absolute Gasteiger partial charge is 0.396 e. The summed E-state index contributed by atoms with van der Waals surface area (Å²) in [6.07, 6.45) is 4.98. The summed E-state index contributed by atoms with van der Waals surface area (Å²) in [5, 5.41) is 1.16. The van der Waals surface area contributed by atoms with Gasteiger partial charge in [-0.15, -0.1) is 23.1 Å². The quantitative estimate of drug-likeness (QED) is 0.638. The van der Waals surface area contributed by atoms with E-state index in [1.54, 1.807) is 23.1 Å². The van der Waals surface area contributed by atoms with Crippen LogP contribution in [0.3, 0.4) is 0 Å². The van der Waals surface area contributed by atoms with Gasteiger partial charge >= 0.3 is 0 Å². The van der Waals surface area contributed by atoms with Crippen molar-refractivity contribution in [3.8, 4) is 0 Å². The SMILES string of the molecule is CCOC1CCN(c2sc(C(=O)CC)c(N)c2SC)CC1. The van der Waals surface area contributed by atoms with E-state index in [-0.39, 0.29) is 5.78 Å². The predicted octanol–water partition coefficient (Wildman–Crippen LogP) is 3.65. The fourth-order valence-corrected chi connectivity index (χ4v) is 4.89. The Hall–Kier alpha value is -0.720. The maximum Gasteiger partial charge on any atom is 0.174 e. The molecule has 0 bridgehead atoms. The first kappa shape index (κ1) is 16.6. The summed E-state index contributed by atoms with van der Waals surface area (Å²) in [5.74, 6) is 0.142. The summed E-state index contributed by atoms with van der Waals surface area (Å²) in [4.78, 5) is 16.2. The zero-order valence-electron chi connectivity index (χ0n) is 13.0. The Kier molecular flexibility index (Phi) is 5.96. The average molecular weight is 329 g/mol. The lowest BCUT2D eigenvalue weighted by Gasteiger charge is -2.33. The standard InChI is InChI=1S/C15H24N2O2S2/c1-4-11(18)13-12(16)14(20-3)15(21-13)17-8-6-10(7-9-17)19-5-2/h10H,4-9,16H2,1-3H3. The Morgan fingerprint density at radius 3 is 2.62 bits per heavy atom. The van der Waals surface area contributed by atoms with Crippen LogP contribution in [-0.4, -0.2) is 37.8 Å². The Balaban J connectivity index is 2.18. The molecule has 0 aliphatic carbocycles. The topological polar surface area (TPSA) is 55.6 Å². The number of thiophene rings is 1. The fourth-order valence-electron chi connectivity index (χ4n) is 2.65. The smallest absolute Gasteiger partial charge is 0.174 e. The summed E-state index contributed by atoms with van der Waals surface area (Å²) in [6, 6.07) is 0. The Morgan fingerprint density at radius 2 is 2.10 bits per heavy atom. The van der Waals surface area contributed by atoms with E-state index in [9.17, 15) is 4.79 Å². The number of ketones is 1. The number of Topliss-reactive ketones (excluding diaryl/α,β-unsaturated/α-hetero) is 1. The number of nitrogens with two attached hydrogens (primary N) is 1. The van der Waals surface area contributed by atoms with Gasteiger partial charge in [-0.2, -0.15) is 0 Å². The molecule has 0 atom stereocenters. The van der Waals surface area contributed by atoms with Crippen molar-refractivity contribution in [1.29, 1.82) is 0 Å². The second kappa shape index (κ2) is 7.51. The fraction of sp³-hybridized carbons (Fsp3) is 0.667. The molecule has 2 heterocycles. The van der Waals surface area contributed by atoms with Crippen molar-refractivity contribution < 1.29 is 9.53 Å². The molecule has 1 aliphatic heterocycles. The highest BCUT2D eigenvalue weighted by molar-refractivity contribution is 7.99. The van der Waals surface area contributed by atoms with Gasteiger partial charge in [-0.25, -0.2) is 0 Å². The number of rotatable bonds is 6. The van der Waals surface area contributed by atoms with Crippen molar-refractivity contribution in [2.45, 2.75) is 44.1 Å². The van der Waals surface area contributed by atoms with Gasteiger partial charge in [-0.3, -0.25) is 4.79 Å². The van der Waals surface area contributed by atoms with E-state index in [4.69, 9.17) is 10.5 Å². The Labute approximate surface area is 135 Å². The minimum Gasteiger partial charge on any atom is -0.396 e. The number of thioether (sulfide) groups is 1. The molecule has 0 aromatic carbocycles. The third kappa shape index (κ3) is 3.55. The highest BCUT2D eigenvalue weighted by atomic mass is 32.2. The maximum absolute atomic E-state index is 12.0. The first-order chi connectivity index (χ1) is 10.1. The number of ether oxygens (including phenoxy) is 1. The van der Waals surface area contributed by atoms with Crippen molar-refractivity contribution in [2.75, 3.05) is 36.6 Å². The molecule has 118 valence electrons. The highest BCUT2D eigenvalue weighted by Crippen LogP contribution is 2.45. The first-order valence-corrected chi connectivity index (χ1v) is 9.52. The molecule has 1 saturated heterocycles. The van der Waals surface area contributed by atoms with E-state index in [1.165, 1.54) is 0 Å². The molecular formula is C15H24N2O2S2. The molecule has 4 nitrogen and oxygen atoms in total. The molecule has 21 heavy (non-hydrogen) atoms. The molecule has 0 spiro atoms. The second-order valence-electron chi connectivity index (χ2n) is 5.10. The van der Waals surface area contributed by atoms with Crippen molar-refractivity contribution in [2.24, 2.45) is 0 Å². The monoisotopic (exact) mass is 328 g/mol. The summed E-state index contributed by atoms with van der Waals surface area (Å²) >= 11 is 3.19. The van der Waals surface area contributed by atoms with Crippen LogP contribution in [0.5, 0.6) is 0 Å². The summed E-state index contributed by atoms with van der Waals surface area (Å²) < 4.78 is 5.70. The number of hydrogen-bond donors (Lipinski definition) is 1.